The molecule has 2 aromatic carbocycles. The Morgan fingerprint density at radius 2 is 1.71 bits per heavy atom. The molecule has 0 fully saturated rings. The van der Waals surface area contributed by atoms with Crippen molar-refractivity contribution in [3.63, 3.8) is 0 Å². The third kappa shape index (κ3) is 4.42. The smallest absolute Gasteiger partial charge is 0.321 e. The molecule has 1 N–H and O–H groups in total. The van der Waals surface area contributed by atoms with E-state index in [0.29, 0.717) is 28.2 Å². The van der Waals surface area contributed by atoms with E-state index >= 15 is 0 Å². The molecule has 0 radical (unpaired) electrons. The van der Waals surface area contributed by atoms with Gasteiger partial charge in [-0.1, -0.05) is 34.1 Å². The van der Waals surface area contributed by atoms with Gasteiger partial charge in [-0.2, -0.15) is 0 Å². The van der Waals surface area contributed by atoms with Crippen LogP contribution in [0, 0.1) is 0 Å². The highest BCUT2D eigenvalue weighted by molar-refractivity contribution is 9.10. The summed E-state index contributed by atoms with van der Waals surface area (Å²) in [6.07, 6.45) is 0. The number of anilines is 1. The second kappa shape index (κ2) is 8.39. The van der Waals surface area contributed by atoms with Gasteiger partial charge < -0.3 is 19.7 Å². The van der Waals surface area contributed by atoms with E-state index in [1.165, 1.54) is 0 Å². The summed E-state index contributed by atoms with van der Waals surface area (Å²) in [5.41, 5.74) is 1.64. The van der Waals surface area contributed by atoms with Crippen molar-refractivity contribution in [1.82, 2.24) is 4.90 Å². The summed E-state index contributed by atoms with van der Waals surface area (Å²) in [7, 11) is 4.86. The molecule has 2 rings (SSSR count). The van der Waals surface area contributed by atoms with Crippen LogP contribution in [0.2, 0.25) is 0 Å². The van der Waals surface area contributed by atoms with Gasteiger partial charge in [-0.05, 0) is 27.6 Å². The molecule has 0 spiro atoms. The number of nitrogens with one attached hydrogen (secondary N) is 1. The van der Waals surface area contributed by atoms with E-state index in [4.69, 9.17) is 9.47 Å². The van der Waals surface area contributed by atoms with Crippen LogP contribution >= 0.6 is 31.9 Å². The molecule has 7 heteroatoms. The second-order valence-corrected chi connectivity index (χ2v) is 6.77. The minimum atomic E-state index is -0.223. The Kier molecular flexibility index (Phi) is 6.51. The molecule has 0 atom stereocenters. The summed E-state index contributed by atoms with van der Waals surface area (Å²) >= 11 is 6.92. The fraction of sp³-hybridized carbons (Fsp3) is 0.235. The lowest BCUT2D eigenvalue weighted by molar-refractivity contribution is 0.220. The van der Waals surface area contributed by atoms with Crippen LogP contribution < -0.4 is 14.8 Å². The summed E-state index contributed by atoms with van der Waals surface area (Å²) in [5.74, 6) is 1.13. The van der Waals surface area contributed by atoms with Crippen LogP contribution in [-0.2, 0) is 6.54 Å². The molecule has 2 aromatic rings. The summed E-state index contributed by atoms with van der Waals surface area (Å²) in [6.45, 7) is 0.484. The summed E-state index contributed by atoms with van der Waals surface area (Å²) in [5, 5.41) is 2.86. The quantitative estimate of drug-likeness (QED) is 0.695. The first-order chi connectivity index (χ1) is 11.5. The van der Waals surface area contributed by atoms with Crippen LogP contribution in [0.4, 0.5) is 10.5 Å². The number of methoxy groups -OCH3 is 2. The molecule has 0 aliphatic rings. The zero-order valence-corrected chi connectivity index (χ0v) is 16.8. The van der Waals surface area contributed by atoms with Gasteiger partial charge in [0.15, 0.2) is 11.5 Å². The highest BCUT2D eigenvalue weighted by atomic mass is 79.9. The normalized spacial score (nSPS) is 10.2. The number of carbonyl (C=O) groups is 1. The number of urea groups is 1. The van der Waals surface area contributed by atoms with Crippen molar-refractivity contribution < 1.29 is 14.3 Å². The highest BCUT2D eigenvalue weighted by Gasteiger charge is 2.15. The molecule has 0 unspecified atom stereocenters. The average molecular weight is 458 g/mol. The van der Waals surface area contributed by atoms with Gasteiger partial charge in [0.1, 0.15) is 0 Å². The minimum absolute atomic E-state index is 0.223. The number of hydrogen-bond donors (Lipinski definition) is 1. The first kappa shape index (κ1) is 18.6. The lowest BCUT2D eigenvalue weighted by Gasteiger charge is -2.20. The summed E-state index contributed by atoms with van der Waals surface area (Å²) in [6, 6.07) is 11.0. The van der Waals surface area contributed by atoms with Gasteiger partial charge in [0.05, 0.1) is 19.9 Å². The number of amides is 2. The topological polar surface area (TPSA) is 50.8 Å². The van der Waals surface area contributed by atoms with Crippen LogP contribution in [0.5, 0.6) is 11.5 Å². The maximum atomic E-state index is 12.4. The first-order valence-electron chi connectivity index (χ1n) is 7.13. The molecule has 128 valence electrons. The zero-order chi connectivity index (χ0) is 17.7. The Morgan fingerprint density at radius 3 is 2.33 bits per heavy atom. The third-order valence-electron chi connectivity index (χ3n) is 3.43. The molecule has 0 saturated carbocycles. The summed E-state index contributed by atoms with van der Waals surface area (Å²) in [4.78, 5) is 14.0. The van der Waals surface area contributed by atoms with Gasteiger partial charge >= 0.3 is 6.03 Å². The van der Waals surface area contributed by atoms with Crippen molar-refractivity contribution in [1.29, 1.82) is 0 Å². The maximum absolute atomic E-state index is 12.4. The molecule has 0 heterocycles. The van der Waals surface area contributed by atoms with Crippen LogP contribution in [0.15, 0.2) is 45.3 Å². The van der Waals surface area contributed by atoms with Crippen LogP contribution in [0.1, 0.15) is 5.56 Å². The zero-order valence-electron chi connectivity index (χ0n) is 13.6. The predicted octanol–water partition coefficient (Wildman–Crippen LogP) is 4.89. The number of nitrogens with zero attached hydrogens (tertiary/aromatic N) is 1. The van der Waals surface area contributed by atoms with E-state index in [1.807, 2.05) is 24.3 Å². The van der Waals surface area contributed by atoms with Gasteiger partial charge in [-0.3, -0.25) is 0 Å². The number of rotatable bonds is 5. The monoisotopic (exact) mass is 456 g/mol. The molecule has 0 aromatic heterocycles. The highest BCUT2D eigenvalue weighted by Crippen LogP contribution is 2.36. The molecular weight excluding hydrogens is 440 g/mol. The van der Waals surface area contributed by atoms with E-state index in [1.54, 1.807) is 38.3 Å². The lowest BCUT2D eigenvalue weighted by atomic mass is 10.2. The van der Waals surface area contributed by atoms with Crippen LogP contribution in [0.25, 0.3) is 0 Å². The Balaban J connectivity index is 2.13. The Labute approximate surface area is 158 Å². The molecule has 24 heavy (non-hydrogen) atoms. The SMILES string of the molecule is COc1cc(Br)c(NC(=O)N(C)Cc2ccccc2Br)cc1OC. The van der Waals surface area contributed by atoms with Gasteiger partial charge in [0.2, 0.25) is 0 Å². The predicted molar refractivity (Wildman–Crippen MR) is 102 cm³/mol. The molecule has 0 aliphatic carbocycles. The van der Waals surface area contributed by atoms with E-state index in [2.05, 4.69) is 37.2 Å². The van der Waals surface area contributed by atoms with Crippen molar-refractivity contribution >= 4 is 43.6 Å². The van der Waals surface area contributed by atoms with Gasteiger partial charge in [-0.15, -0.1) is 0 Å². The van der Waals surface area contributed by atoms with Gasteiger partial charge in [0.25, 0.3) is 0 Å². The standard InChI is InChI=1S/C17H18Br2N2O3/c1-21(10-11-6-4-5-7-12(11)18)17(22)20-14-9-16(24-3)15(23-2)8-13(14)19/h4-9H,10H2,1-3H3,(H,20,22). The number of benzene rings is 2. The largest absolute Gasteiger partial charge is 0.493 e. The van der Waals surface area contributed by atoms with Crippen molar-refractivity contribution in [3.8, 4) is 11.5 Å². The van der Waals surface area contributed by atoms with Crippen molar-refractivity contribution in [3.05, 3.63) is 50.9 Å². The molecular formula is C17H18Br2N2O3. The molecule has 2 amide bonds. The summed E-state index contributed by atoms with van der Waals surface area (Å²) < 4.78 is 12.2. The average Bonchev–Trinajstić information content (AvgIpc) is 2.58. The fourth-order valence-corrected chi connectivity index (χ4v) is 2.95. The molecule has 0 saturated heterocycles. The molecule has 5 nitrogen and oxygen atoms in total. The minimum Gasteiger partial charge on any atom is -0.493 e. The van der Waals surface area contributed by atoms with Crippen LogP contribution in [-0.4, -0.2) is 32.2 Å². The lowest BCUT2D eigenvalue weighted by Crippen LogP contribution is -2.31. The molecule has 0 aliphatic heterocycles. The van der Waals surface area contributed by atoms with E-state index in [0.717, 1.165) is 10.0 Å². The number of ether oxygens (including phenoxy) is 2. The second-order valence-electron chi connectivity index (χ2n) is 5.06. The Hall–Kier alpha value is -1.73. The van der Waals surface area contributed by atoms with Crippen molar-refractivity contribution in [2.45, 2.75) is 6.54 Å². The fourth-order valence-electron chi connectivity index (χ4n) is 2.11. The van der Waals surface area contributed by atoms with E-state index < -0.39 is 0 Å². The Morgan fingerprint density at radius 1 is 1.08 bits per heavy atom. The third-order valence-corrected chi connectivity index (χ3v) is 4.86. The Bertz CT molecular complexity index is 738. The van der Waals surface area contributed by atoms with E-state index in [-0.39, 0.29) is 6.03 Å². The van der Waals surface area contributed by atoms with Crippen LogP contribution in [0.3, 0.4) is 0 Å². The van der Waals surface area contributed by atoms with Crippen molar-refractivity contribution in [2.75, 3.05) is 26.6 Å². The molecule has 0 bridgehead atoms. The van der Waals surface area contributed by atoms with Crippen molar-refractivity contribution in [2.24, 2.45) is 0 Å². The number of halogens is 2. The van der Waals surface area contributed by atoms with Gasteiger partial charge in [-0.25, -0.2) is 4.79 Å². The van der Waals surface area contributed by atoms with Gasteiger partial charge in [0, 0.05) is 34.7 Å². The van der Waals surface area contributed by atoms with E-state index in [9.17, 15) is 4.79 Å². The number of carbonyl (C=O) groups excluding carboxylic acids is 1. The maximum Gasteiger partial charge on any atom is 0.321 e. The number of hydrogen-bond acceptors (Lipinski definition) is 3. The first-order valence-corrected chi connectivity index (χ1v) is 8.72.